The first-order valence-electron chi connectivity index (χ1n) is 11.2. The van der Waals surface area contributed by atoms with Crippen molar-refractivity contribution in [2.75, 3.05) is 13.3 Å². The van der Waals surface area contributed by atoms with Crippen molar-refractivity contribution in [3.63, 3.8) is 0 Å². The highest BCUT2D eigenvalue weighted by Gasteiger charge is 2.41. The fourth-order valence-electron chi connectivity index (χ4n) is 5.54. The Morgan fingerprint density at radius 2 is 1.76 bits per heavy atom. The molecule has 2 saturated carbocycles. The number of hydrogen-bond acceptors (Lipinski definition) is 4. The molecule has 1 aromatic rings. The maximum atomic E-state index is 13.6. The lowest BCUT2D eigenvalue weighted by Crippen LogP contribution is -2.43. The molecule has 156 valence electrons. The van der Waals surface area contributed by atoms with Crippen LogP contribution in [0.1, 0.15) is 63.4 Å². The van der Waals surface area contributed by atoms with Gasteiger partial charge in [0, 0.05) is 31.6 Å². The van der Waals surface area contributed by atoms with Gasteiger partial charge in [-0.25, -0.2) is 0 Å². The van der Waals surface area contributed by atoms with Gasteiger partial charge in [0.25, 0.3) is 0 Å². The zero-order valence-electron chi connectivity index (χ0n) is 17.0. The Bertz CT molecular complexity index is 783. The van der Waals surface area contributed by atoms with Crippen molar-refractivity contribution < 1.29 is 19.1 Å². The Kier molecular flexibility index (Phi) is 5.10. The molecule has 0 aromatic heterocycles. The van der Waals surface area contributed by atoms with Gasteiger partial charge < -0.3 is 19.3 Å². The predicted octanol–water partition coefficient (Wildman–Crippen LogP) is 3.48. The Balaban J connectivity index is 1.32. The third-order valence-corrected chi connectivity index (χ3v) is 7.11. The van der Waals surface area contributed by atoms with Gasteiger partial charge in [-0.15, -0.1) is 0 Å². The van der Waals surface area contributed by atoms with Crippen LogP contribution in [0.2, 0.25) is 0 Å². The van der Waals surface area contributed by atoms with Crippen LogP contribution in [0, 0.1) is 5.92 Å². The minimum Gasteiger partial charge on any atom is -0.454 e. The molecule has 3 fully saturated rings. The molecule has 0 N–H and O–H groups in total. The molecule has 0 spiro atoms. The molecule has 6 heteroatoms. The fraction of sp³-hybridized carbons (Fsp3) is 0.652. The average Bonchev–Trinajstić information content (AvgIpc) is 3.52. The largest absolute Gasteiger partial charge is 0.454 e. The number of hydrogen-bond donors (Lipinski definition) is 0. The molecule has 0 bridgehead atoms. The molecule has 1 atom stereocenters. The van der Waals surface area contributed by atoms with E-state index in [1.54, 1.807) is 0 Å². The molecular formula is C23H30N2O4. The first-order valence-corrected chi connectivity index (χ1v) is 11.2. The van der Waals surface area contributed by atoms with E-state index in [9.17, 15) is 9.59 Å². The second kappa shape index (κ2) is 7.88. The summed E-state index contributed by atoms with van der Waals surface area (Å²) in [5.41, 5.74) is 1.06. The van der Waals surface area contributed by atoms with Gasteiger partial charge in [0.1, 0.15) is 0 Å². The molecule has 1 aromatic carbocycles. The van der Waals surface area contributed by atoms with E-state index < -0.39 is 0 Å². The summed E-state index contributed by atoms with van der Waals surface area (Å²) in [6, 6.07) is 6.57. The SMILES string of the molecule is O=C1C[C@H](C(=O)N(Cc2ccc3c(c2)OCO3)C2CCCC2)CN1C1CCCC1. The standard InChI is InChI=1S/C23H30N2O4/c26-22-12-17(14-24(22)18-5-1-2-6-18)23(27)25(19-7-3-4-8-19)13-16-9-10-20-21(11-16)29-15-28-20/h9-11,17-19H,1-8,12-15H2/t17-/m0/s1. The summed E-state index contributed by atoms with van der Waals surface area (Å²) in [4.78, 5) is 30.3. The van der Waals surface area contributed by atoms with E-state index in [4.69, 9.17) is 9.47 Å². The zero-order chi connectivity index (χ0) is 19.8. The van der Waals surface area contributed by atoms with Crippen LogP contribution in [0.15, 0.2) is 18.2 Å². The van der Waals surface area contributed by atoms with Crippen LogP contribution in [0.5, 0.6) is 11.5 Å². The van der Waals surface area contributed by atoms with Crippen molar-refractivity contribution in [1.29, 1.82) is 0 Å². The number of carbonyl (C=O) groups is 2. The van der Waals surface area contributed by atoms with Crippen molar-refractivity contribution >= 4 is 11.8 Å². The maximum Gasteiger partial charge on any atom is 0.231 e. The van der Waals surface area contributed by atoms with Crippen molar-refractivity contribution in [3.8, 4) is 11.5 Å². The molecule has 2 amide bonds. The van der Waals surface area contributed by atoms with Gasteiger partial charge in [0.15, 0.2) is 11.5 Å². The second-order valence-electron chi connectivity index (χ2n) is 8.98. The van der Waals surface area contributed by atoms with E-state index in [-0.39, 0.29) is 30.6 Å². The van der Waals surface area contributed by atoms with Crippen LogP contribution >= 0.6 is 0 Å². The number of rotatable bonds is 5. The normalized spacial score (nSPS) is 24.6. The predicted molar refractivity (Wildman–Crippen MR) is 107 cm³/mol. The molecule has 2 aliphatic heterocycles. The summed E-state index contributed by atoms with van der Waals surface area (Å²) >= 11 is 0. The van der Waals surface area contributed by atoms with Crippen LogP contribution in [0.3, 0.4) is 0 Å². The average molecular weight is 399 g/mol. The summed E-state index contributed by atoms with van der Waals surface area (Å²) in [6.07, 6.45) is 9.43. The second-order valence-corrected chi connectivity index (χ2v) is 8.98. The number of amides is 2. The van der Waals surface area contributed by atoms with Crippen molar-refractivity contribution in [2.24, 2.45) is 5.92 Å². The van der Waals surface area contributed by atoms with Crippen LogP contribution in [0.25, 0.3) is 0 Å². The number of likely N-dealkylation sites (tertiary alicyclic amines) is 1. The third kappa shape index (κ3) is 3.69. The zero-order valence-corrected chi connectivity index (χ0v) is 17.0. The summed E-state index contributed by atoms with van der Waals surface area (Å²) < 4.78 is 10.9. The highest BCUT2D eigenvalue weighted by Crippen LogP contribution is 2.35. The number of fused-ring (bicyclic) bond motifs is 1. The first-order chi connectivity index (χ1) is 14.2. The van der Waals surface area contributed by atoms with Gasteiger partial charge in [-0.1, -0.05) is 31.7 Å². The third-order valence-electron chi connectivity index (χ3n) is 7.11. The van der Waals surface area contributed by atoms with Gasteiger partial charge in [-0.05, 0) is 43.4 Å². The fourth-order valence-corrected chi connectivity index (χ4v) is 5.54. The molecule has 5 rings (SSSR count). The number of benzene rings is 1. The summed E-state index contributed by atoms with van der Waals surface area (Å²) in [5.74, 6) is 1.65. The molecule has 0 unspecified atom stereocenters. The van der Waals surface area contributed by atoms with E-state index in [0.717, 1.165) is 42.7 Å². The van der Waals surface area contributed by atoms with E-state index in [1.807, 2.05) is 23.1 Å². The van der Waals surface area contributed by atoms with Crippen LogP contribution in [-0.4, -0.2) is 47.0 Å². The lowest BCUT2D eigenvalue weighted by molar-refractivity contribution is -0.138. The van der Waals surface area contributed by atoms with Gasteiger partial charge in [0.2, 0.25) is 18.6 Å². The molecule has 29 heavy (non-hydrogen) atoms. The Morgan fingerprint density at radius 3 is 2.55 bits per heavy atom. The van der Waals surface area contributed by atoms with Crippen LogP contribution in [-0.2, 0) is 16.1 Å². The van der Waals surface area contributed by atoms with E-state index in [1.165, 1.54) is 25.7 Å². The van der Waals surface area contributed by atoms with E-state index >= 15 is 0 Å². The highest BCUT2D eigenvalue weighted by atomic mass is 16.7. The lowest BCUT2D eigenvalue weighted by Gasteiger charge is -2.32. The van der Waals surface area contributed by atoms with Crippen molar-refractivity contribution in [2.45, 2.75) is 76.4 Å². The van der Waals surface area contributed by atoms with Crippen LogP contribution in [0.4, 0.5) is 0 Å². The summed E-state index contributed by atoms with van der Waals surface area (Å²) in [6.45, 7) is 1.44. The summed E-state index contributed by atoms with van der Waals surface area (Å²) in [5, 5.41) is 0. The Hall–Kier alpha value is -2.24. The highest BCUT2D eigenvalue weighted by molar-refractivity contribution is 5.89. The first kappa shape index (κ1) is 18.8. The molecule has 6 nitrogen and oxygen atoms in total. The van der Waals surface area contributed by atoms with Gasteiger partial charge in [-0.2, -0.15) is 0 Å². The van der Waals surface area contributed by atoms with Crippen molar-refractivity contribution in [1.82, 2.24) is 9.80 Å². The molecular weight excluding hydrogens is 368 g/mol. The quantitative estimate of drug-likeness (QED) is 0.762. The minimum atomic E-state index is -0.197. The molecule has 2 aliphatic carbocycles. The van der Waals surface area contributed by atoms with Gasteiger partial charge in [-0.3, -0.25) is 9.59 Å². The van der Waals surface area contributed by atoms with E-state index in [0.29, 0.717) is 25.6 Å². The lowest BCUT2D eigenvalue weighted by atomic mass is 10.0. The molecule has 2 heterocycles. The van der Waals surface area contributed by atoms with Gasteiger partial charge >= 0.3 is 0 Å². The topological polar surface area (TPSA) is 59.1 Å². The number of carbonyl (C=O) groups excluding carboxylic acids is 2. The monoisotopic (exact) mass is 398 g/mol. The minimum absolute atomic E-state index is 0.156. The summed E-state index contributed by atoms with van der Waals surface area (Å²) in [7, 11) is 0. The maximum absolute atomic E-state index is 13.6. The molecule has 1 saturated heterocycles. The number of nitrogens with zero attached hydrogens (tertiary/aromatic N) is 2. The Labute approximate surface area is 172 Å². The molecule has 4 aliphatic rings. The van der Waals surface area contributed by atoms with Crippen molar-refractivity contribution in [3.05, 3.63) is 23.8 Å². The van der Waals surface area contributed by atoms with E-state index in [2.05, 4.69) is 4.90 Å². The molecule has 0 radical (unpaired) electrons. The number of ether oxygens (including phenoxy) is 2. The Morgan fingerprint density at radius 1 is 1.03 bits per heavy atom. The smallest absolute Gasteiger partial charge is 0.231 e. The van der Waals surface area contributed by atoms with Gasteiger partial charge in [0.05, 0.1) is 5.92 Å². The van der Waals surface area contributed by atoms with Crippen LogP contribution < -0.4 is 9.47 Å².